The molecular weight excluding hydrogens is 132 g/mol. The first-order valence-corrected chi connectivity index (χ1v) is 3.34. The molecule has 10 heavy (non-hydrogen) atoms. The van der Waals surface area contributed by atoms with Gasteiger partial charge in [0.1, 0.15) is 6.17 Å². The third-order valence-corrected chi connectivity index (χ3v) is 2.00. The van der Waals surface area contributed by atoms with Crippen molar-refractivity contribution in [3.8, 4) is 0 Å². The first-order chi connectivity index (χ1) is 4.75. The van der Waals surface area contributed by atoms with Crippen LogP contribution in [0.3, 0.4) is 0 Å². The maximum atomic E-state index is 10.7. The zero-order valence-corrected chi connectivity index (χ0v) is 5.39. The summed E-state index contributed by atoms with van der Waals surface area (Å²) in [7, 11) is 0. The number of fused-ring (bicyclic) bond motifs is 1. The van der Waals surface area contributed by atoms with E-state index < -0.39 is 0 Å². The third-order valence-electron chi connectivity index (χ3n) is 2.00. The Morgan fingerprint density at radius 1 is 1.10 bits per heavy atom. The molecule has 0 aromatic heterocycles. The molecule has 0 saturated carbocycles. The minimum atomic E-state index is -0.0694. The molecular formula is C6H8N2O2. The molecule has 0 aliphatic carbocycles. The fourth-order valence-corrected chi connectivity index (χ4v) is 1.52. The average Bonchev–Trinajstić information content (AvgIpc) is 2.21. The van der Waals surface area contributed by atoms with Crippen molar-refractivity contribution in [3.05, 3.63) is 0 Å². The lowest BCUT2D eigenvalue weighted by molar-refractivity contribution is -0.121. The van der Waals surface area contributed by atoms with E-state index in [1.54, 1.807) is 0 Å². The smallest absolute Gasteiger partial charge is 0.222 e. The Hall–Kier alpha value is -1.06. The molecule has 0 radical (unpaired) electrons. The molecule has 2 saturated heterocycles. The number of amides is 2. The molecule has 2 aliphatic rings. The minimum Gasteiger partial charge on any atom is -0.336 e. The van der Waals surface area contributed by atoms with Crippen LogP contribution in [0.25, 0.3) is 0 Å². The van der Waals surface area contributed by atoms with Crippen LogP contribution in [-0.4, -0.2) is 18.0 Å². The Morgan fingerprint density at radius 2 is 1.60 bits per heavy atom. The molecule has 54 valence electrons. The summed E-state index contributed by atoms with van der Waals surface area (Å²) in [5.74, 6) is 0.310. The van der Waals surface area contributed by atoms with Gasteiger partial charge in [0.05, 0.1) is 0 Å². The Balaban J connectivity index is 2.12. The molecule has 2 N–H and O–H groups in total. The lowest BCUT2D eigenvalue weighted by Gasteiger charge is -2.05. The molecule has 2 rings (SSSR count). The minimum absolute atomic E-state index is 0.0509. The molecule has 2 aliphatic heterocycles. The van der Waals surface area contributed by atoms with Crippen LogP contribution >= 0.6 is 0 Å². The van der Waals surface area contributed by atoms with Crippen molar-refractivity contribution in [1.29, 1.82) is 0 Å². The predicted octanol–water partition coefficient (Wildman–Crippen LogP) is -1.03. The molecule has 0 aromatic rings. The summed E-state index contributed by atoms with van der Waals surface area (Å²) in [4.78, 5) is 21.4. The van der Waals surface area contributed by atoms with Gasteiger partial charge >= 0.3 is 0 Å². The number of hydrogen-bond donors (Lipinski definition) is 2. The number of rotatable bonds is 0. The summed E-state index contributed by atoms with van der Waals surface area (Å²) in [6, 6.07) is 0. The van der Waals surface area contributed by atoms with Crippen LogP contribution in [0.2, 0.25) is 0 Å². The summed E-state index contributed by atoms with van der Waals surface area (Å²) in [5.41, 5.74) is 0. The van der Waals surface area contributed by atoms with Gasteiger partial charge in [0.25, 0.3) is 0 Å². The molecule has 2 heterocycles. The van der Waals surface area contributed by atoms with Crippen molar-refractivity contribution in [2.45, 2.75) is 19.0 Å². The predicted molar refractivity (Wildman–Crippen MR) is 32.8 cm³/mol. The molecule has 4 heteroatoms. The Morgan fingerprint density at radius 3 is 2.00 bits per heavy atom. The van der Waals surface area contributed by atoms with Gasteiger partial charge in [0.15, 0.2) is 0 Å². The number of carbonyl (C=O) groups is 2. The average molecular weight is 140 g/mol. The largest absolute Gasteiger partial charge is 0.336 e. The van der Waals surface area contributed by atoms with Crippen molar-refractivity contribution >= 4 is 11.8 Å². The molecule has 2 fully saturated rings. The van der Waals surface area contributed by atoms with Crippen molar-refractivity contribution in [2.24, 2.45) is 5.92 Å². The second kappa shape index (κ2) is 1.71. The van der Waals surface area contributed by atoms with Gasteiger partial charge in [-0.3, -0.25) is 9.59 Å². The van der Waals surface area contributed by atoms with E-state index in [2.05, 4.69) is 10.6 Å². The summed E-state index contributed by atoms with van der Waals surface area (Å²) in [5, 5.41) is 5.35. The SMILES string of the molecule is O=C1CC2CC(=O)NC2N1. The topological polar surface area (TPSA) is 58.2 Å². The summed E-state index contributed by atoms with van der Waals surface area (Å²) >= 11 is 0. The van der Waals surface area contributed by atoms with Crippen LogP contribution in [-0.2, 0) is 9.59 Å². The van der Waals surface area contributed by atoms with Gasteiger partial charge in [-0.05, 0) is 0 Å². The van der Waals surface area contributed by atoms with Crippen LogP contribution in [0, 0.1) is 5.92 Å². The van der Waals surface area contributed by atoms with E-state index in [-0.39, 0.29) is 23.9 Å². The Kier molecular flexibility index (Phi) is 0.977. The van der Waals surface area contributed by atoms with Crippen molar-refractivity contribution in [3.63, 3.8) is 0 Å². The maximum absolute atomic E-state index is 10.7. The highest BCUT2D eigenvalue weighted by molar-refractivity contribution is 5.86. The van der Waals surface area contributed by atoms with Gasteiger partial charge < -0.3 is 10.6 Å². The molecule has 2 amide bonds. The van der Waals surface area contributed by atoms with E-state index in [0.717, 1.165) is 0 Å². The van der Waals surface area contributed by atoms with Gasteiger partial charge in [-0.15, -0.1) is 0 Å². The first kappa shape index (κ1) is 5.70. The fraction of sp³-hybridized carbons (Fsp3) is 0.667. The lowest BCUT2D eigenvalue weighted by Crippen LogP contribution is -2.38. The van der Waals surface area contributed by atoms with E-state index in [9.17, 15) is 9.59 Å². The summed E-state index contributed by atoms with van der Waals surface area (Å²) in [6.45, 7) is 0. The maximum Gasteiger partial charge on any atom is 0.222 e. The zero-order valence-electron chi connectivity index (χ0n) is 5.39. The monoisotopic (exact) mass is 140 g/mol. The molecule has 0 unspecified atom stereocenters. The van der Waals surface area contributed by atoms with E-state index >= 15 is 0 Å². The first-order valence-electron chi connectivity index (χ1n) is 3.34. The third kappa shape index (κ3) is 0.683. The summed E-state index contributed by atoms with van der Waals surface area (Å²) in [6.07, 6.45) is 0.937. The molecule has 4 nitrogen and oxygen atoms in total. The Labute approximate surface area is 58.0 Å². The van der Waals surface area contributed by atoms with Crippen LogP contribution in [0.4, 0.5) is 0 Å². The highest BCUT2D eigenvalue weighted by Crippen LogP contribution is 2.23. The van der Waals surface area contributed by atoms with E-state index in [1.807, 2.05) is 0 Å². The molecule has 0 spiro atoms. The standard InChI is InChI=1S/C6H8N2O2/c9-4-1-3-2-5(10)8-6(3)7-4/h3,6H,1-2H2,(H,7,9)(H,8,10). The van der Waals surface area contributed by atoms with E-state index in [4.69, 9.17) is 0 Å². The Bertz CT molecular complexity index is 164. The number of carbonyl (C=O) groups excluding carboxylic acids is 2. The van der Waals surface area contributed by atoms with Crippen molar-refractivity contribution < 1.29 is 9.59 Å². The van der Waals surface area contributed by atoms with Gasteiger partial charge in [-0.1, -0.05) is 0 Å². The molecule has 0 bridgehead atoms. The molecule has 0 atom stereocenters. The van der Waals surface area contributed by atoms with Crippen LogP contribution < -0.4 is 10.6 Å². The zero-order chi connectivity index (χ0) is 7.14. The normalized spacial score (nSPS) is 37.2. The second-order valence-corrected chi connectivity index (χ2v) is 2.78. The second-order valence-electron chi connectivity index (χ2n) is 2.78. The number of nitrogens with one attached hydrogen (secondary N) is 2. The van der Waals surface area contributed by atoms with E-state index in [0.29, 0.717) is 12.8 Å². The van der Waals surface area contributed by atoms with Gasteiger partial charge in [0, 0.05) is 18.8 Å². The fourth-order valence-electron chi connectivity index (χ4n) is 1.52. The highest BCUT2D eigenvalue weighted by Gasteiger charge is 2.39. The lowest BCUT2D eigenvalue weighted by atomic mass is 10.1. The van der Waals surface area contributed by atoms with Crippen LogP contribution in [0.1, 0.15) is 12.8 Å². The van der Waals surface area contributed by atoms with Crippen LogP contribution in [0.15, 0.2) is 0 Å². The van der Waals surface area contributed by atoms with Crippen molar-refractivity contribution in [1.82, 2.24) is 10.6 Å². The van der Waals surface area contributed by atoms with Gasteiger partial charge in [0.2, 0.25) is 11.8 Å². The van der Waals surface area contributed by atoms with E-state index in [1.165, 1.54) is 0 Å². The van der Waals surface area contributed by atoms with Crippen molar-refractivity contribution in [2.75, 3.05) is 0 Å². The van der Waals surface area contributed by atoms with Crippen LogP contribution in [0.5, 0.6) is 0 Å². The number of hydrogen-bond acceptors (Lipinski definition) is 2. The quantitative estimate of drug-likeness (QED) is 0.452. The van der Waals surface area contributed by atoms with Gasteiger partial charge in [-0.2, -0.15) is 0 Å². The van der Waals surface area contributed by atoms with Gasteiger partial charge in [-0.25, -0.2) is 0 Å². The molecule has 0 aromatic carbocycles. The highest BCUT2D eigenvalue weighted by atomic mass is 16.2. The summed E-state index contributed by atoms with van der Waals surface area (Å²) < 4.78 is 0.